The van der Waals surface area contributed by atoms with Gasteiger partial charge < -0.3 is 15.7 Å². The Morgan fingerprint density at radius 2 is 1.85 bits per heavy atom. The minimum atomic E-state index is -0.774. The molecule has 0 aromatic heterocycles. The maximum atomic E-state index is 11.6. The summed E-state index contributed by atoms with van der Waals surface area (Å²) in [5, 5.41) is 14.0. The molecule has 0 saturated carbocycles. The van der Waals surface area contributed by atoms with Crippen molar-refractivity contribution < 1.29 is 14.7 Å². The smallest absolute Gasteiger partial charge is 0.319 e. The first-order valence-corrected chi connectivity index (χ1v) is 7.75. The molecule has 5 nitrogen and oxygen atoms in total. The molecule has 1 rings (SSSR count). The average molecular weight is 296 g/mol. The summed E-state index contributed by atoms with van der Waals surface area (Å²) in [6.07, 6.45) is 4.42. The standard InChI is InChI=1S/C14H20N2O3S/c1-20-12-8-6-11(7-9-12)16-14(19)15-10-4-2-3-5-13(17)18/h6-9H,2-5,10H2,1H3,(H,17,18)(H2,15,16,19). The second-order valence-corrected chi connectivity index (χ2v) is 5.19. The summed E-state index contributed by atoms with van der Waals surface area (Å²) in [4.78, 5) is 23.0. The van der Waals surface area contributed by atoms with E-state index in [2.05, 4.69) is 10.6 Å². The van der Waals surface area contributed by atoms with E-state index in [1.807, 2.05) is 30.5 Å². The molecule has 0 fully saturated rings. The van der Waals surface area contributed by atoms with Crippen LogP contribution in [0.2, 0.25) is 0 Å². The number of aliphatic carboxylic acids is 1. The minimum absolute atomic E-state index is 0.188. The van der Waals surface area contributed by atoms with Crippen LogP contribution in [-0.2, 0) is 4.79 Å². The topological polar surface area (TPSA) is 78.4 Å². The van der Waals surface area contributed by atoms with Crippen LogP contribution < -0.4 is 10.6 Å². The summed E-state index contributed by atoms with van der Waals surface area (Å²) >= 11 is 1.65. The second kappa shape index (κ2) is 9.25. The Morgan fingerprint density at radius 3 is 2.45 bits per heavy atom. The van der Waals surface area contributed by atoms with Crippen molar-refractivity contribution in [3.05, 3.63) is 24.3 Å². The van der Waals surface area contributed by atoms with Gasteiger partial charge in [-0.1, -0.05) is 6.42 Å². The molecule has 1 aromatic carbocycles. The number of unbranched alkanes of at least 4 members (excludes halogenated alkanes) is 2. The van der Waals surface area contributed by atoms with Crippen molar-refractivity contribution in [3.63, 3.8) is 0 Å². The van der Waals surface area contributed by atoms with Crippen molar-refractivity contribution in [2.45, 2.75) is 30.6 Å². The van der Waals surface area contributed by atoms with Gasteiger partial charge in [-0.25, -0.2) is 4.79 Å². The molecule has 20 heavy (non-hydrogen) atoms. The number of rotatable bonds is 8. The van der Waals surface area contributed by atoms with Gasteiger partial charge in [0, 0.05) is 23.5 Å². The summed E-state index contributed by atoms with van der Waals surface area (Å²) in [6, 6.07) is 7.38. The van der Waals surface area contributed by atoms with Crippen molar-refractivity contribution >= 4 is 29.4 Å². The average Bonchev–Trinajstić information content (AvgIpc) is 2.43. The zero-order chi connectivity index (χ0) is 14.8. The molecule has 2 amide bonds. The van der Waals surface area contributed by atoms with Gasteiger partial charge in [-0.15, -0.1) is 11.8 Å². The molecular weight excluding hydrogens is 276 g/mol. The van der Waals surface area contributed by atoms with Crippen molar-refractivity contribution in [2.75, 3.05) is 18.1 Å². The van der Waals surface area contributed by atoms with Crippen LogP contribution in [0.4, 0.5) is 10.5 Å². The van der Waals surface area contributed by atoms with Crippen LogP contribution in [0.3, 0.4) is 0 Å². The lowest BCUT2D eigenvalue weighted by Gasteiger charge is -2.07. The van der Waals surface area contributed by atoms with Gasteiger partial charge in [-0.2, -0.15) is 0 Å². The first-order chi connectivity index (χ1) is 9.61. The third-order valence-corrected chi connectivity index (χ3v) is 3.44. The third-order valence-electron chi connectivity index (χ3n) is 2.70. The van der Waals surface area contributed by atoms with E-state index in [0.717, 1.165) is 23.4 Å². The van der Waals surface area contributed by atoms with E-state index >= 15 is 0 Å². The van der Waals surface area contributed by atoms with Gasteiger partial charge in [-0.05, 0) is 43.4 Å². The molecule has 3 N–H and O–H groups in total. The highest BCUT2D eigenvalue weighted by atomic mass is 32.2. The number of thioether (sulfide) groups is 1. The molecule has 0 aliphatic carbocycles. The van der Waals surface area contributed by atoms with Crippen LogP contribution in [-0.4, -0.2) is 29.9 Å². The largest absolute Gasteiger partial charge is 0.481 e. The molecule has 0 heterocycles. The number of amides is 2. The minimum Gasteiger partial charge on any atom is -0.481 e. The van der Waals surface area contributed by atoms with Crippen molar-refractivity contribution in [1.82, 2.24) is 5.32 Å². The Kier molecular flexibility index (Phi) is 7.57. The van der Waals surface area contributed by atoms with Crippen LogP contribution in [0.1, 0.15) is 25.7 Å². The monoisotopic (exact) mass is 296 g/mol. The third kappa shape index (κ3) is 7.04. The predicted molar refractivity (Wildman–Crippen MR) is 81.3 cm³/mol. The van der Waals surface area contributed by atoms with Crippen molar-refractivity contribution in [3.8, 4) is 0 Å². The van der Waals surface area contributed by atoms with E-state index in [1.165, 1.54) is 0 Å². The van der Waals surface area contributed by atoms with E-state index in [0.29, 0.717) is 13.0 Å². The Labute approximate surface area is 123 Å². The van der Waals surface area contributed by atoms with E-state index in [-0.39, 0.29) is 12.5 Å². The fraction of sp³-hybridized carbons (Fsp3) is 0.429. The predicted octanol–water partition coefficient (Wildman–Crippen LogP) is 3.18. The molecule has 0 atom stereocenters. The Hall–Kier alpha value is -1.69. The van der Waals surface area contributed by atoms with Crippen LogP contribution in [0.5, 0.6) is 0 Å². The summed E-state index contributed by atoms with van der Waals surface area (Å²) in [5.41, 5.74) is 0.756. The maximum absolute atomic E-state index is 11.6. The highest BCUT2D eigenvalue weighted by Crippen LogP contribution is 2.17. The second-order valence-electron chi connectivity index (χ2n) is 4.31. The van der Waals surface area contributed by atoms with Crippen LogP contribution in [0.15, 0.2) is 29.2 Å². The molecular formula is C14H20N2O3S. The van der Waals surface area contributed by atoms with Gasteiger partial charge in [0.15, 0.2) is 0 Å². The summed E-state index contributed by atoms with van der Waals surface area (Å²) in [7, 11) is 0. The number of carboxylic acids is 1. The molecule has 0 bridgehead atoms. The Morgan fingerprint density at radius 1 is 1.15 bits per heavy atom. The van der Waals surface area contributed by atoms with Crippen LogP contribution in [0, 0.1) is 0 Å². The van der Waals surface area contributed by atoms with Crippen LogP contribution in [0.25, 0.3) is 0 Å². The Balaban J connectivity index is 2.15. The number of nitrogens with one attached hydrogen (secondary N) is 2. The van der Waals surface area contributed by atoms with E-state index in [4.69, 9.17) is 5.11 Å². The molecule has 6 heteroatoms. The summed E-state index contributed by atoms with van der Waals surface area (Å²) in [6.45, 7) is 0.550. The lowest BCUT2D eigenvalue weighted by molar-refractivity contribution is -0.137. The molecule has 0 saturated heterocycles. The van der Waals surface area contributed by atoms with E-state index < -0.39 is 5.97 Å². The molecule has 1 aromatic rings. The number of hydrogen-bond donors (Lipinski definition) is 3. The van der Waals surface area contributed by atoms with E-state index in [1.54, 1.807) is 11.8 Å². The number of anilines is 1. The number of benzene rings is 1. The molecule has 0 spiro atoms. The van der Waals surface area contributed by atoms with E-state index in [9.17, 15) is 9.59 Å². The van der Waals surface area contributed by atoms with Gasteiger partial charge in [0.25, 0.3) is 0 Å². The zero-order valence-corrected chi connectivity index (χ0v) is 12.3. The molecule has 110 valence electrons. The highest BCUT2D eigenvalue weighted by Gasteiger charge is 2.01. The maximum Gasteiger partial charge on any atom is 0.319 e. The normalized spacial score (nSPS) is 10.1. The summed E-state index contributed by atoms with van der Waals surface area (Å²) in [5.74, 6) is -0.774. The molecule has 0 radical (unpaired) electrons. The first-order valence-electron chi connectivity index (χ1n) is 6.52. The van der Waals surface area contributed by atoms with Gasteiger partial charge >= 0.3 is 12.0 Å². The van der Waals surface area contributed by atoms with Gasteiger partial charge in [0.2, 0.25) is 0 Å². The number of hydrogen-bond acceptors (Lipinski definition) is 3. The molecule has 0 unspecified atom stereocenters. The fourth-order valence-electron chi connectivity index (χ4n) is 1.63. The Bertz CT molecular complexity index is 435. The van der Waals surface area contributed by atoms with Crippen molar-refractivity contribution in [1.29, 1.82) is 0 Å². The number of urea groups is 1. The lowest BCUT2D eigenvalue weighted by Crippen LogP contribution is -2.29. The van der Waals surface area contributed by atoms with Gasteiger partial charge in [0.05, 0.1) is 0 Å². The first kappa shape index (κ1) is 16.4. The number of carbonyl (C=O) groups is 2. The number of carboxylic acid groups (broad SMARTS) is 1. The lowest BCUT2D eigenvalue weighted by atomic mass is 10.2. The van der Waals surface area contributed by atoms with Gasteiger partial charge in [0.1, 0.15) is 0 Å². The zero-order valence-electron chi connectivity index (χ0n) is 11.5. The molecule has 0 aliphatic rings. The van der Waals surface area contributed by atoms with Crippen LogP contribution >= 0.6 is 11.8 Å². The summed E-state index contributed by atoms with van der Waals surface area (Å²) < 4.78 is 0. The highest BCUT2D eigenvalue weighted by molar-refractivity contribution is 7.98. The fourth-order valence-corrected chi connectivity index (χ4v) is 2.04. The van der Waals surface area contributed by atoms with Gasteiger partial charge in [-0.3, -0.25) is 4.79 Å². The SMILES string of the molecule is CSc1ccc(NC(=O)NCCCCCC(=O)O)cc1. The molecule has 0 aliphatic heterocycles. The van der Waals surface area contributed by atoms with Crippen molar-refractivity contribution in [2.24, 2.45) is 0 Å². The quantitative estimate of drug-likeness (QED) is 0.508. The number of carbonyl (C=O) groups excluding carboxylic acids is 1.